The maximum atomic E-state index is 13.8. The molecule has 1 aliphatic rings. The topological polar surface area (TPSA) is 86.8 Å². The number of amides is 2. The number of benzene rings is 2. The molecule has 3 rings (SSSR count). The van der Waals surface area contributed by atoms with E-state index in [1.807, 2.05) is 6.92 Å². The fourth-order valence-electron chi connectivity index (χ4n) is 4.55. The molecule has 1 atom stereocenters. The maximum Gasteiger partial charge on any atom is 0.244 e. The quantitative estimate of drug-likeness (QED) is 0.360. The average Bonchev–Trinajstić information content (AvgIpc) is 2.84. The second-order valence-electron chi connectivity index (χ2n) is 9.25. The number of nitrogens with zero attached hydrogens (tertiary/aromatic N) is 2. The second-order valence-corrected chi connectivity index (χ2v) is 12.9. The van der Waals surface area contributed by atoms with Crippen molar-refractivity contribution in [1.82, 2.24) is 10.2 Å². The van der Waals surface area contributed by atoms with Gasteiger partial charge in [0.15, 0.2) is 0 Å². The van der Waals surface area contributed by atoms with Gasteiger partial charge in [0.25, 0.3) is 0 Å². The molecule has 202 valence electrons. The fourth-order valence-corrected chi connectivity index (χ4v) is 6.49. The number of carbonyl (C=O) groups excluding carboxylic acids is 2. The van der Waals surface area contributed by atoms with Gasteiger partial charge in [0.1, 0.15) is 12.6 Å². The zero-order valence-electron chi connectivity index (χ0n) is 20.9. The van der Waals surface area contributed by atoms with Gasteiger partial charge < -0.3 is 10.2 Å². The van der Waals surface area contributed by atoms with Crippen molar-refractivity contribution in [2.45, 2.75) is 64.1 Å². The monoisotopic (exact) mass is 631 g/mol. The molecule has 0 aromatic heterocycles. The Hall–Kier alpha value is -1.81. The first-order chi connectivity index (χ1) is 17.5. The molecule has 1 unspecified atom stereocenters. The van der Waals surface area contributed by atoms with Crippen LogP contribution in [0.4, 0.5) is 5.69 Å². The number of hydrogen-bond donors (Lipinski definition) is 1. The molecule has 37 heavy (non-hydrogen) atoms. The van der Waals surface area contributed by atoms with Crippen molar-refractivity contribution in [2.24, 2.45) is 0 Å². The van der Waals surface area contributed by atoms with Crippen LogP contribution < -0.4 is 9.62 Å². The van der Waals surface area contributed by atoms with Gasteiger partial charge in [-0.2, -0.15) is 0 Å². The molecular formula is C26H32BrCl2N3O4S. The standard InChI is InChI=1S/C26H32BrCl2N3O4S/c1-3-23(26(34)30-20-9-5-4-6-10-20)31(16-18-13-14-19(28)15-22(18)29)25(33)17-32(37(2,35)36)24-12-8-7-11-21(24)27/h7-8,11-15,20,23H,3-6,9-10,16-17H2,1-2H3,(H,30,34). The Balaban J connectivity index is 1.95. The summed E-state index contributed by atoms with van der Waals surface area (Å²) in [6, 6.07) is 11.0. The van der Waals surface area contributed by atoms with Gasteiger partial charge in [-0.3, -0.25) is 13.9 Å². The van der Waals surface area contributed by atoms with Gasteiger partial charge in [0.05, 0.1) is 11.9 Å². The largest absolute Gasteiger partial charge is 0.352 e. The molecule has 0 aliphatic heterocycles. The van der Waals surface area contributed by atoms with E-state index in [4.69, 9.17) is 23.2 Å². The van der Waals surface area contributed by atoms with Crippen LogP contribution in [-0.4, -0.2) is 50.0 Å². The first kappa shape index (κ1) is 29.7. The second kappa shape index (κ2) is 13.3. The molecule has 0 spiro atoms. The average molecular weight is 633 g/mol. The highest BCUT2D eigenvalue weighted by molar-refractivity contribution is 9.10. The van der Waals surface area contributed by atoms with Crippen LogP contribution in [0.5, 0.6) is 0 Å². The van der Waals surface area contributed by atoms with Crippen LogP contribution in [0.15, 0.2) is 46.9 Å². The predicted octanol–water partition coefficient (Wildman–Crippen LogP) is 5.78. The predicted molar refractivity (Wildman–Crippen MR) is 152 cm³/mol. The van der Waals surface area contributed by atoms with Crippen LogP contribution in [0.3, 0.4) is 0 Å². The lowest BCUT2D eigenvalue weighted by molar-refractivity contribution is -0.140. The van der Waals surface area contributed by atoms with Gasteiger partial charge in [0, 0.05) is 27.1 Å². The van der Waals surface area contributed by atoms with Crippen LogP contribution in [-0.2, 0) is 26.2 Å². The molecular weight excluding hydrogens is 601 g/mol. The number of rotatable bonds is 10. The zero-order chi connectivity index (χ0) is 27.2. The molecule has 1 fully saturated rings. The maximum absolute atomic E-state index is 13.8. The number of sulfonamides is 1. The number of anilines is 1. The Morgan fingerprint density at radius 3 is 2.38 bits per heavy atom. The fraction of sp³-hybridized carbons (Fsp3) is 0.462. The molecule has 1 N–H and O–H groups in total. The molecule has 2 aromatic carbocycles. The Kier molecular flexibility index (Phi) is 10.7. The van der Waals surface area contributed by atoms with Crippen LogP contribution in [0.2, 0.25) is 10.0 Å². The summed E-state index contributed by atoms with van der Waals surface area (Å²) in [5, 5.41) is 3.92. The SMILES string of the molecule is CCC(C(=O)NC1CCCCC1)N(Cc1ccc(Cl)cc1Cl)C(=O)CN(c1ccccc1Br)S(C)(=O)=O. The van der Waals surface area contributed by atoms with E-state index in [-0.39, 0.29) is 18.5 Å². The van der Waals surface area contributed by atoms with Crippen molar-refractivity contribution >= 4 is 66.7 Å². The highest BCUT2D eigenvalue weighted by Gasteiger charge is 2.33. The van der Waals surface area contributed by atoms with E-state index in [2.05, 4.69) is 21.2 Å². The molecule has 1 saturated carbocycles. The van der Waals surface area contributed by atoms with Crippen molar-refractivity contribution in [2.75, 3.05) is 17.1 Å². The third-order valence-electron chi connectivity index (χ3n) is 6.49. The third-order valence-corrected chi connectivity index (χ3v) is 8.88. The van der Waals surface area contributed by atoms with Crippen molar-refractivity contribution in [3.63, 3.8) is 0 Å². The van der Waals surface area contributed by atoms with Crippen LogP contribution in [0.25, 0.3) is 0 Å². The first-order valence-corrected chi connectivity index (χ1v) is 15.7. The van der Waals surface area contributed by atoms with E-state index in [0.29, 0.717) is 32.2 Å². The van der Waals surface area contributed by atoms with Crippen LogP contribution in [0, 0.1) is 0 Å². The number of carbonyl (C=O) groups is 2. The van der Waals surface area contributed by atoms with E-state index in [9.17, 15) is 18.0 Å². The third kappa shape index (κ3) is 8.09. The normalized spacial score (nSPS) is 15.2. The summed E-state index contributed by atoms with van der Waals surface area (Å²) in [6.45, 7) is 1.38. The lowest BCUT2D eigenvalue weighted by Gasteiger charge is -2.34. The Morgan fingerprint density at radius 1 is 1.11 bits per heavy atom. The van der Waals surface area contributed by atoms with Crippen molar-refractivity contribution < 1.29 is 18.0 Å². The minimum absolute atomic E-state index is 0.0268. The van der Waals surface area contributed by atoms with E-state index in [1.165, 1.54) is 4.90 Å². The molecule has 0 heterocycles. The minimum atomic E-state index is -3.82. The van der Waals surface area contributed by atoms with Gasteiger partial charge in [-0.1, -0.05) is 67.6 Å². The van der Waals surface area contributed by atoms with Gasteiger partial charge in [0.2, 0.25) is 21.8 Å². The molecule has 7 nitrogen and oxygen atoms in total. The van der Waals surface area contributed by atoms with Gasteiger partial charge in [-0.05, 0) is 65.0 Å². The summed E-state index contributed by atoms with van der Waals surface area (Å²) < 4.78 is 27.1. The highest BCUT2D eigenvalue weighted by Crippen LogP contribution is 2.29. The number of halogens is 3. The molecule has 0 radical (unpaired) electrons. The number of hydrogen-bond acceptors (Lipinski definition) is 4. The van der Waals surface area contributed by atoms with Crippen molar-refractivity contribution in [3.05, 3.63) is 62.5 Å². The lowest BCUT2D eigenvalue weighted by Crippen LogP contribution is -2.54. The molecule has 2 aromatic rings. The van der Waals surface area contributed by atoms with Gasteiger partial charge in [-0.15, -0.1) is 0 Å². The Morgan fingerprint density at radius 2 is 1.78 bits per heavy atom. The summed E-state index contributed by atoms with van der Waals surface area (Å²) in [5.41, 5.74) is 0.942. The van der Waals surface area contributed by atoms with Crippen LogP contribution in [0.1, 0.15) is 51.0 Å². The molecule has 0 bridgehead atoms. The molecule has 0 saturated heterocycles. The lowest BCUT2D eigenvalue weighted by atomic mass is 9.95. The minimum Gasteiger partial charge on any atom is -0.352 e. The highest BCUT2D eigenvalue weighted by atomic mass is 79.9. The number of nitrogens with one attached hydrogen (secondary N) is 1. The molecule has 2 amide bonds. The van der Waals surface area contributed by atoms with E-state index in [1.54, 1.807) is 42.5 Å². The number of para-hydroxylation sites is 1. The van der Waals surface area contributed by atoms with Gasteiger partial charge in [-0.25, -0.2) is 8.42 Å². The van der Waals surface area contributed by atoms with Crippen molar-refractivity contribution in [3.8, 4) is 0 Å². The summed E-state index contributed by atoms with van der Waals surface area (Å²) >= 11 is 15.9. The smallest absolute Gasteiger partial charge is 0.244 e. The molecule has 1 aliphatic carbocycles. The Bertz CT molecular complexity index is 1220. The van der Waals surface area contributed by atoms with Crippen LogP contribution >= 0.6 is 39.1 Å². The summed E-state index contributed by atoms with van der Waals surface area (Å²) in [4.78, 5) is 28.7. The molecule has 11 heteroatoms. The first-order valence-electron chi connectivity index (χ1n) is 12.3. The van der Waals surface area contributed by atoms with Gasteiger partial charge >= 0.3 is 0 Å². The van der Waals surface area contributed by atoms with Crippen molar-refractivity contribution in [1.29, 1.82) is 0 Å². The van der Waals surface area contributed by atoms with E-state index < -0.39 is 28.5 Å². The summed E-state index contributed by atoms with van der Waals surface area (Å²) in [6.07, 6.45) is 6.47. The summed E-state index contributed by atoms with van der Waals surface area (Å²) in [5.74, 6) is -0.766. The Labute approximate surface area is 237 Å². The summed E-state index contributed by atoms with van der Waals surface area (Å²) in [7, 11) is -3.82. The van der Waals surface area contributed by atoms with E-state index >= 15 is 0 Å². The zero-order valence-corrected chi connectivity index (χ0v) is 24.8. The van der Waals surface area contributed by atoms with E-state index in [0.717, 1.165) is 42.7 Å².